The van der Waals surface area contributed by atoms with Crippen LogP contribution < -0.4 is 5.73 Å². The van der Waals surface area contributed by atoms with Crippen LogP contribution in [0.15, 0.2) is 6.07 Å². The van der Waals surface area contributed by atoms with E-state index in [0.717, 1.165) is 30.4 Å². The summed E-state index contributed by atoms with van der Waals surface area (Å²) in [5.41, 5.74) is 9.48. The van der Waals surface area contributed by atoms with Crippen molar-refractivity contribution in [1.82, 2.24) is 19.4 Å². The number of fused-ring (bicyclic) bond motifs is 3. The third kappa shape index (κ3) is 3.64. The van der Waals surface area contributed by atoms with E-state index in [-0.39, 0.29) is 0 Å². The van der Waals surface area contributed by atoms with Crippen molar-refractivity contribution < 1.29 is 0 Å². The van der Waals surface area contributed by atoms with Crippen LogP contribution in [0.1, 0.15) is 57.2 Å². The first-order chi connectivity index (χ1) is 13.5. The normalized spacial score (nSPS) is 16.8. The zero-order valence-electron chi connectivity index (χ0n) is 17.7. The van der Waals surface area contributed by atoms with Gasteiger partial charge in [0.25, 0.3) is 0 Å². The summed E-state index contributed by atoms with van der Waals surface area (Å²) in [6.07, 6.45) is 5.88. The molecule has 0 amide bonds. The number of rotatable bonds is 6. The second-order valence-corrected chi connectivity index (χ2v) is 9.84. The third-order valence-electron chi connectivity index (χ3n) is 6.16. The predicted octanol–water partition coefficient (Wildman–Crippen LogP) is 5.00. The lowest BCUT2D eigenvalue weighted by Crippen LogP contribution is -2.39. The van der Waals surface area contributed by atoms with Crippen LogP contribution in [-0.4, -0.2) is 38.6 Å². The summed E-state index contributed by atoms with van der Waals surface area (Å²) in [5.74, 6) is 2.47. The van der Waals surface area contributed by atoms with Crippen LogP contribution in [0.2, 0.25) is 0 Å². The molecule has 0 saturated carbocycles. The number of nitrogen functional groups attached to an aromatic ring is 1. The fraction of sp³-hybridized carbons (Fsp3) is 0.636. The van der Waals surface area contributed by atoms with Crippen molar-refractivity contribution in [1.29, 1.82) is 0 Å². The van der Waals surface area contributed by atoms with Crippen LogP contribution in [-0.2, 0) is 13.0 Å². The summed E-state index contributed by atoms with van der Waals surface area (Å²) in [6.45, 7) is 12.5. The molecule has 1 fully saturated rings. The zero-order chi connectivity index (χ0) is 19.8. The van der Waals surface area contributed by atoms with E-state index >= 15 is 0 Å². The quantitative estimate of drug-likeness (QED) is 0.634. The molecule has 0 aromatic carbocycles. The number of hydrogen-bond donors (Lipinski definition) is 1. The van der Waals surface area contributed by atoms with Gasteiger partial charge >= 0.3 is 0 Å². The molecule has 152 valence electrons. The highest BCUT2D eigenvalue weighted by molar-refractivity contribution is 7.19. The molecule has 4 heterocycles. The summed E-state index contributed by atoms with van der Waals surface area (Å²) in [5, 5.41) is 0. The monoisotopic (exact) mass is 399 g/mol. The average molecular weight is 400 g/mol. The summed E-state index contributed by atoms with van der Waals surface area (Å²) in [6, 6.07) is 2.80. The Balaban J connectivity index is 1.74. The van der Waals surface area contributed by atoms with Crippen molar-refractivity contribution in [3.63, 3.8) is 0 Å². The van der Waals surface area contributed by atoms with E-state index in [4.69, 9.17) is 10.7 Å². The van der Waals surface area contributed by atoms with Crippen molar-refractivity contribution in [2.24, 2.45) is 5.92 Å². The molecule has 2 N–H and O–H groups in total. The van der Waals surface area contributed by atoms with Crippen molar-refractivity contribution in [3.05, 3.63) is 16.8 Å². The molecule has 3 aromatic heterocycles. The number of aryl methyl sites for hydroxylation is 2. The highest BCUT2D eigenvalue weighted by Crippen LogP contribution is 2.35. The molecule has 3 aromatic rings. The lowest BCUT2D eigenvalue weighted by molar-refractivity contribution is 0.142. The number of likely N-dealkylation sites (tertiary alicyclic amines) is 1. The SMILES string of the molecule is CCCCc1nc2c(N)nc3cc(C)sc3c2n1CC1CCN(C(C)C)CC1. The third-order valence-corrected chi connectivity index (χ3v) is 7.20. The molecule has 0 bridgehead atoms. The summed E-state index contributed by atoms with van der Waals surface area (Å²) in [4.78, 5) is 13.5. The minimum Gasteiger partial charge on any atom is -0.382 e. The number of pyridine rings is 1. The van der Waals surface area contributed by atoms with Gasteiger partial charge in [-0.15, -0.1) is 11.3 Å². The first-order valence-electron chi connectivity index (χ1n) is 10.8. The smallest absolute Gasteiger partial charge is 0.152 e. The van der Waals surface area contributed by atoms with Gasteiger partial charge in [0.1, 0.15) is 11.3 Å². The number of anilines is 1. The van der Waals surface area contributed by atoms with E-state index in [1.54, 1.807) is 0 Å². The predicted molar refractivity (Wildman–Crippen MR) is 120 cm³/mol. The van der Waals surface area contributed by atoms with Gasteiger partial charge in [-0.3, -0.25) is 0 Å². The zero-order valence-corrected chi connectivity index (χ0v) is 18.5. The second kappa shape index (κ2) is 7.99. The molecule has 0 spiro atoms. The minimum absolute atomic E-state index is 0.575. The van der Waals surface area contributed by atoms with Gasteiger partial charge in [0.05, 0.1) is 15.7 Å². The lowest BCUT2D eigenvalue weighted by Gasteiger charge is -2.35. The van der Waals surface area contributed by atoms with Gasteiger partial charge in [-0.25, -0.2) is 9.97 Å². The standard InChI is InChI=1S/C22H33N5S/c1-5-6-7-18-25-19-20(21-17(24-22(19)23)12-15(4)28-21)27(18)13-16-8-10-26(11-9-16)14(2)3/h12,14,16H,5-11,13H2,1-4H3,(H2,23,24). The van der Waals surface area contributed by atoms with Gasteiger partial charge in [0.15, 0.2) is 5.82 Å². The maximum absolute atomic E-state index is 6.34. The molecule has 0 aliphatic carbocycles. The Morgan fingerprint density at radius 1 is 1.25 bits per heavy atom. The van der Waals surface area contributed by atoms with Crippen LogP contribution in [0.5, 0.6) is 0 Å². The molecular weight excluding hydrogens is 366 g/mol. The first kappa shape index (κ1) is 19.6. The van der Waals surface area contributed by atoms with Crippen LogP contribution in [0.4, 0.5) is 5.82 Å². The number of piperidine rings is 1. The van der Waals surface area contributed by atoms with Crippen LogP contribution in [0.3, 0.4) is 0 Å². The van der Waals surface area contributed by atoms with Crippen molar-refractivity contribution in [3.8, 4) is 0 Å². The number of nitrogens with two attached hydrogens (primary N) is 1. The number of aromatic nitrogens is 3. The highest BCUT2D eigenvalue weighted by atomic mass is 32.1. The van der Waals surface area contributed by atoms with Gasteiger partial charge in [-0.2, -0.15) is 0 Å². The maximum Gasteiger partial charge on any atom is 0.152 e. The average Bonchev–Trinajstić information content (AvgIpc) is 3.21. The topological polar surface area (TPSA) is 60.0 Å². The first-order valence-corrected chi connectivity index (χ1v) is 11.6. The molecule has 1 aliphatic heterocycles. The molecule has 1 saturated heterocycles. The largest absolute Gasteiger partial charge is 0.382 e. The minimum atomic E-state index is 0.575. The Morgan fingerprint density at radius 2 is 2.00 bits per heavy atom. The maximum atomic E-state index is 6.34. The van der Waals surface area contributed by atoms with Gasteiger partial charge in [-0.1, -0.05) is 13.3 Å². The lowest BCUT2D eigenvalue weighted by atomic mass is 9.95. The number of nitrogens with zero attached hydrogens (tertiary/aromatic N) is 4. The fourth-order valence-electron chi connectivity index (χ4n) is 4.48. The molecule has 5 nitrogen and oxygen atoms in total. The molecule has 1 aliphatic rings. The Morgan fingerprint density at radius 3 is 2.68 bits per heavy atom. The van der Waals surface area contributed by atoms with E-state index in [2.05, 4.69) is 48.2 Å². The Bertz CT molecular complexity index is 963. The van der Waals surface area contributed by atoms with E-state index in [0.29, 0.717) is 17.8 Å². The van der Waals surface area contributed by atoms with E-state index in [1.807, 2.05) is 11.3 Å². The molecule has 0 unspecified atom stereocenters. The van der Waals surface area contributed by atoms with E-state index in [9.17, 15) is 0 Å². The second-order valence-electron chi connectivity index (χ2n) is 8.58. The van der Waals surface area contributed by atoms with Crippen molar-refractivity contribution in [2.75, 3.05) is 18.8 Å². The molecule has 6 heteroatoms. The van der Waals surface area contributed by atoms with E-state index in [1.165, 1.54) is 53.3 Å². The Hall–Kier alpha value is -1.66. The van der Waals surface area contributed by atoms with E-state index < -0.39 is 0 Å². The van der Waals surface area contributed by atoms with Gasteiger partial charge in [-0.05, 0) is 65.1 Å². The van der Waals surface area contributed by atoms with Gasteiger partial charge < -0.3 is 15.2 Å². The molecule has 0 atom stereocenters. The van der Waals surface area contributed by atoms with Gasteiger partial charge in [0, 0.05) is 23.9 Å². The number of unbranched alkanes of at least 4 members (excludes halogenated alkanes) is 1. The number of imidazole rings is 1. The van der Waals surface area contributed by atoms with Gasteiger partial charge in [0.2, 0.25) is 0 Å². The van der Waals surface area contributed by atoms with Crippen LogP contribution in [0.25, 0.3) is 21.3 Å². The summed E-state index contributed by atoms with van der Waals surface area (Å²) >= 11 is 1.82. The van der Waals surface area contributed by atoms with Crippen LogP contribution in [0, 0.1) is 12.8 Å². The highest BCUT2D eigenvalue weighted by Gasteiger charge is 2.24. The summed E-state index contributed by atoms with van der Waals surface area (Å²) in [7, 11) is 0. The molecule has 0 radical (unpaired) electrons. The number of thiophene rings is 1. The Kier molecular flexibility index (Phi) is 5.61. The molecular formula is C22H33N5S. The van der Waals surface area contributed by atoms with Crippen LogP contribution >= 0.6 is 11.3 Å². The molecule has 28 heavy (non-hydrogen) atoms. The Labute approximate surface area is 171 Å². The number of hydrogen-bond acceptors (Lipinski definition) is 5. The molecule has 4 rings (SSSR count). The van der Waals surface area contributed by atoms with Crippen molar-refractivity contribution in [2.45, 2.75) is 72.4 Å². The van der Waals surface area contributed by atoms with Crippen molar-refractivity contribution >= 4 is 38.4 Å². The summed E-state index contributed by atoms with van der Waals surface area (Å²) < 4.78 is 3.74. The fourth-order valence-corrected chi connectivity index (χ4v) is 5.48.